The van der Waals surface area contributed by atoms with Gasteiger partial charge in [-0.1, -0.05) is 12.8 Å². The molecule has 1 atom stereocenters. The van der Waals surface area contributed by atoms with Crippen molar-refractivity contribution in [2.45, 2.75) is 57.7 Å². The maximum absolute atomic E-state index is 3.66. The number of likely N-dealkylation sites (tertiary alicyclic amines) is 1. The fourth-order valence-corrected chi connectivity index (χ4v) is 2.86. The van der Waals surface area contributed by atoms with E-state index >= 15 is 0 Å². The zero-order chi connectivity index (χ0) is 9.31. The molecule has 1 unspecified atom stereocenters. The van der Waals surface area contributed by atoms with Crippen molar-refractivity contribution in [2.75, 3.05) is 13.1 Å². The van der Waals surface area contributed by atoms with E-state index in [1.807, 2.05) is 0 Å². The first-order chi connectivity index (χ1) is 6.25. The molecule has 1 spiro atoms. The quantitative estimate of drug-likeness (QED) is 0.672. The Hall–Kier alpha value is -0.0800. The Kier molecular flexibility index (Phi) is 2.61. The minimum absolute atomic E-state index is 0. The lowest BCUT2D eigenvalue weighted by atomic mass is 9.90. The molecule has 0 bridgehead atoms. The molecule has 13 heavy (non-hydrogen) atoms. The molecule has 0 aliphatic carbocycles. The largest absolute Gasteiger partial charge is 0.299 e. The molecule has 0 aromatic carbocycles. The monoisotopic (exact) mass is 184 g/mol. The van der Waals surface area contributed by atoms with Crippen molar-refractivity contribution >= 4 is 0 Å². The van der Waals surface area contributed by atoms with Gasteiger partial charge in [0.05, 0.1) is 5.66 Å². The zero-order valence-electron chi connectivity index (χ0n) is 8.97. The van der Waals surface area contributed by atoms with E-state index in [2.05, 4.69) is 24.1 Å². The van der Waals surface area contributed by atoms with Crippen molar-refractivity contribution in [1.29, 1.82) is 0 Å². The van der Waals surface area contributed by atoms with Gasteiger partial charge in [-0.2, -0.15) is 0 Å². The second kappa shape index (κ2) is 3.58. The van der Waals surface area contributed by atoms with E-state index in [4.69, 9.17) is 0 Å². The molecule has 2 fully saturated rings. The highest BCUT2D eigenvalue weighted by atomic mass is 15.4. The highest BCUT2D eigenvalue weighted by Gasteiger charge is 2.43. The maximum atomic E-state index is 3.66. The zero-order valence-corrected chi connectivity index (χ0v) is 8.97. The molecule has 0 amide bonds. The van der Waals surface area contributed by atoms with Crippen LogP contribution < -0.4 is 5.32 Å². The number of hydrogen-bond donors (Lipinski definition) is 1. The summed E-state index contributed by atoms with van der Waals surface area (Å²) in [6, 6.07) is 0.700. The van der Waals surface area contributed by atoms with Gasteiger partial charge < -0.3 is 0 Å². The van der Waals surface area contributed by atoms with E-state index in [9.17, 15) is 0 Å². The van der Waals surface area contributed by atoms with Crippen LogP contribution in [0.25, 0.3) is 0 Å². The third kappa shape index (κ3) is 1.62. The van der Waals surface area contributed by atoms with E-state index in [0.29, 0.717) is 11.7 Å². The molecule has 2 heterocycles. The molecule has 0 aromatic rings. The van der Waals surface area contributed by atoms with Crippen LogP contribution in [0.5, 0.6) is 0 Å². The molecule has 0 aromatic heterocycles. The van der Waals surface area contributed by atoms with Crippen molar-refractivity contribution in [1.82, 2.24) is 10.2 Å². The molecule has 2 rings (SSSR count). The SMILES string of the molecule is CC(C)N1CCCCCC12CCN2.[HH]. The molecule has 2 heteroatoms. The van der Waals surface area contributed by atoms with Gasteiger partial charge in [0.2, 0.25) is 0 Å². The summed E-state index contributed by atoms with van der Waals surface area (Å²) in [7, 11) is 0. The van der Waals surface area contributed by atoms with Crippen molar-refractivity contribution in [3.63, 3.8) is 0 Å². The molecule has 2 saturated heterocycles. The third-order valence-electron chi connectivity index (χ3n) is 3.66. The van der Waals surface area contributed by atoms with Crippen molar-refractivity contribution in [3.05, 3.63) is 0 Å². The minimum atomic E-state index is 0. The summed E-state index contributed by atoms with van der Waals surface area (Å²) in [4.78, 5) is 2.68. The lowest BCUT2D eigenvalue weighted by Gasteiger charge is -2.52. The molecule has 2 aliphatic rings. The van der Waals surface area contributed by atoms with Crippen LogP contribution in [-0.4, -0.2) is 29.7 Å². The number of nitrogens with zero attached hydrogens (tertiary/aromatic N) is 1. The van der Waals surface area contributed by atoms with E-state index in [0.717, 1.165) is 0 Å². The van der Waals surface area contributed by atoms with Crippen molar-refractivity contribution in [3.8, 4) is 0 Å². The number of hydrogen-bond acceptors (Lipinski definition) is 2. The minimum Gasteiger partial charge on any atom is -0.299 e. The van der Waals surface area contributed by atoms with Gasteiger partial charge in [0.25, 0.3) is 0 Å². The van der Waals surface area contributed by atoms with Crippen LogP contribution in [0.4, 0.5) is 0 Å². The highest BCUT2D eigenvalue weighted by molar-refractivity contribution is 4.98. The average Bonchev–Trinajstić information content (AvgIpc) is 2.23. The van der Waals surface area contributed by atoms with Crippen LogP contribution in [0.1, 0.15) is 47.4 Å². The summed E-state index contributed by atoms with van der Waals surface area (Å²) in [5.74, 6) is 0. The van der Waals surface area contributed by atoms with Gasteiger partial charge >= 0.3 is 0 Å². The Labute approximate surface area is 83.2 Å². The summed E-state index contributed by atoms with van der Waals surface area (Å²) in [5, 5.41) is 3.66. The fraction of sp³-hybridized carbons (Fsp3) is 1.00. The predicted octanol–water partition coefficient (Wildman–Crippen LogP) is 2.21. The van der Waals surface area contributed by atoms with Gasteiger partial charge in [-0.3, -0.25) is 10.2 Å². The van der Waals surface area contributed by atoms with Crippen molar-refractivity contribution in [2.24, 2.45) is 0 Å². The van der Waals surface area contributed by atoms with E-state index < -0.39 is 0 Å². The van der Waals surface area contributed by atoms with Gasteiger partial charge in [-0.15, -0.1) is 0 Å². The highest BCUT2D eigenvalue weighted by Crippen LogP contribution is 2.34. The summed E-state index contributed by atoms with van der Waals surface area (Å²) in [6.07, 6.45) is 6.96. The lowest BCUT2D eigenvalue weighted by molar-refractivity contribution is -0.0255. The van der Waals surface area contributed by atoms with Gasteiger partial charge in [0.15, 0.2) is 0 Å². The fourth-order valence-electron chi connectivity index (χ4n) is 2.86. The Balaban J connectivity index is 0.000000980. The topological polar surface area (TPSA) is 15.3 Å². The van der Waals surface area contributed by atoms with Crippen LogP contribution >= 0.6 is 0 Å². The first kappa shape index (κ1) is 9.47. The summed E-state index contributed by atoms with van der Waals surface area (Å²) < 4.78 is 0. The smallest absolute Gasteiger partial charge is 0.0726 e. The van der Waals surface area contributed by atoms with Crippen LogP contribution in [-0.2, 0) is 0 Å². The lowest BCUT2D eigenvalue weighted by Crippen LogP contribution is -2.68. The molecule has 0 radical (unpaired) electrons. The van der Waals surface area contributed by atoms with Gasteiger partial charge in [0.1, 0.15) is 0 Å². The molecule has 1 N–H and O–H groups in total. The van der Waals surface area contributed by atoms with Crippen LogP contribution in [0.15, 0.2) is 0 Å². The van der Waals surface area contributed by atoms with Crippen molar-refractivity contribution < 1.29 is 1.43 Å². The van der Waals surface area contributed by atoms with Gasteiger partial charge in [0, 0.05) is 14.0 Å². The summed E-state index contributed by atoms with van der Waals surface area (Å²) >= 11 is 0. The second-order valence-electron chi connectivity index (χ2n) is 4.81. The van der Waals surface area contributed by atoms with Crippen LogP contribution in [0, 0.1) is 0 Å². The van der Waals surface area contributed by atoms with Gasteiger partial charge in [-0.05, 0) is 39.7 Å². The molecule has 0 saturated carbocycles. The molecule has 2 aliphatic heterocycles. The van der Waals surface area contributed by atoms with E-state index in [1.54, 1.807) is 0 Å². The Bertz CT molecular complexity index is 178. The van der Waals surface area contributed by atoms with Gasteiger partial charge in [-0.25, -0.2) is 0 Å². The summed E-state index contributed by atoms with van der Waals surface area (Å²) in [5.41, 5.74) is 0.407. The Morgan fingerprint density at radius 3 is 2.54 bits per heavy atom. The Morgan fingerprint density at radius 1 is 1.23 bits per heavy atom. The molecule has 2 nitrogen and oxygen atoms in total. The predicted molar refractivity (Wildman–Crippen MR) is 57.8 cm³/mol. The van der Waals surface area contributed by atoms with Crippen LogP contribution in [0.3, 0.4) is 0 Å². The third-order valence-corrected chi connectivity index (χ3v) is 3.66. The standard InChI is InChI=1S/C11H22N2.H2/c1-10(2)13-9-5-3-4-6-11(13)7-8-12-11;/h10,12H,3-9H2,1-2H3;1H. The average molecular weight is 184 g/mol. The molecular weight excluding hydrogens is 160 g/mol. The van der Waals surface area contributed by atoms with E-state index in [-0.39, 0.29) is 1.43 Å². The first-order valence-corrected chi connectivity index (χ1v) is 5.76. The van der Waals surface area contributed by atoms with E-state index in [1.165, 1.54) is 45.2 Å². The molecule has 78 valence electrons. The second-order valence-corrected chi connectivity index (χ2v) is 4.81. The summed E-state index contributed by atoms with van der Waals surface area (Å²) in [6.45, 7) is 7.17. The normalized spacial score (nSPS) is 36.2. The maximum Gasteiger partial charge on any atom is 0.0726 e. The number of nitrogens with one attached hydrogen (secondary N) is 1. The first-order valence-electron chi connectivity index (χ1n) is 5.76. The van der Waals surface area contributed by atoms with Crippen LogP contribution in [0.2, 0.25) is 0 Å². The number of rotatable bonds is 1. The Morgan fingerprint density at radius 2 is 2.00 bits per heavy atom. The molecular formula is C11H24N2.